The lowest BCUT2D eigenvalue weighted by molar-refractivity contribution is 0.0922. The number of hydrogen-bond donors (Lipinski definition) is 2. The van der Waals surface area contributed by atoms with Crippen molar-refractivity contribution in [3.63, 3.8) is 0 Å². The number of nitriles is 1. The highest BCUT2D eigenvalue weighted by Gasteiger charge is 2.55. The first-order valence-corrected chi connectivity index (χ1v) is 10.0. The Morgan fingerprint density at radius 3 is 2.73 bits per heavy atom. The zero-order chi connectivity index (χ0) is 20.6. The fourth-order valence-electron chi connectivity index (χ4n) is 4.11. The van der Waals surface area contributed by atoms with E-state index in [1.54, 1.807) is 11.0 Å². The van der Waals surface area contributed by atoms with Gasteiger partial charge in [0.25, 0.3) is 5.91 Å². The summed E-state index contributed by atoms with van der Waals surface area (Å²) in [4.78, 5) is 14.5. The van der Waals surface area contributed by atoms with E-state index in [-0.39, 0.29) is 17.4 Å². The Kier molecular flexibility index (Phi) is 4.40. The van der Waals surface area contributed by atoms with Crippen LogP contribution in [0.5, 0.6) is 11.5 Å². The van der Waals surface area contributed by atoms with Crippen LogP contribution >= 0.6 is 0 Å². The summed E-state index contributed by atoms with van der Waals surface area (Å²) < 4.78 is 6.02. The molecule has 1 aromatic heterocycles. The van der Waals surface area contributed by atoms with E-state index in [2.05, 4.69) is 21.7 Å². The Bertz CT molecular complexity index is 1110. The number of carbonyl (C=O) groups excluding carboxylic acids is 1. The average Bonchev–Trinajstić information content (AvgIpc) is 3.23. The van der Waals surface area contributed by atoms with E-state index in [0.717, 1.165) is 30.7 Å². The first kappa shape index (κ1) is 18.3. The van der Waals surface area contributed by atoms with Crippen molar-refractivity contribution in [3.8, 4) is 28.9 Å². The Balaban J connectivity index is 1.34. The molecule has 1 aliphatic heterocycles. The SMILES string of the molecule is N#CN1C[C@H](NC(=O)c2cc(-c3ccccc3Oc3ccccc3)[nH]n2)C2(CC2)C1. The van der Waals surface area contributed by atoms with Crippen molar-refractivity contribution in [1.29, 1.82) is 5.26 Å². The fraction of sp³-hybridized carbons (Fsp3) is 0.261. The highest BCUT2D eigenvalue weighted by atomic mass is 16.5. The van der Waals surface area contributed by atoms with Gasteiger partial charge in [-0.15, -0.1) is 0 Å². The lowest BCUT2D eigenvalue weighted by Crippen LogP contribution is -2.41. The summed E-state index contributed by atoms with van der Waals surface area (Å²) in [5, 5.41) is 19.5. The third-order valence-electron chi connectivity index (χ3n) is 5.95. The van der Waals surface area contributed by atoms with E-state index in [9.17, 15) is 10.1 Å². The monoisotopic (exact) mass is 399 g/mol. The van der Waals surface area contributed by atoms with E-state index < -0.39 is 0 Å². The van der Waals surface area contributed by atoms with E-state index in [1.165, 1.54) is 0 Å². The van der Waals surface area contributed by atoms with Gasteiger partial charge in [-0.05, 0) is 43.2 Å². The van der Waals surface area contributed by atoms with Gasteiger partial charge < -0.3 is 15.0 Å². The van der Waals surface area contributed by atoms with Crippen LogP contribution in [0.1, 0.15) is 23.3 Å². The number of benzene rings is 2. The Morgan fingerprint density at radius 2 is 1.97 bits per heavy atom. The summed E-state index contributed by atoms with van der Waals surface area (Å²) in [5.41, 5.74) is 1.91. The molecule has 2 N–H and O–H groups in total. The van der Waals surface area contributed by atoms with Crippen molar-refractivity contribution in [2.75, 3.05) is 13.1 Å². The molecule has 0 bridgehead atoms. The molecule has 1 saturated heterocycles. The molecule has 1 saturated carbocycles. The number of para-hydroxylation sites is 2. The van der Waals surface area contributed by atoms with Crippen molar-refractivity contribution in [2.45, 2.75) is 18.9 Å². The Hall–Kier alpha value is -3.79. The summed E-state index contributed by atoms with van der Waals surface area (Å²) in [6.07, 6.45) is 4.30. The predicted octanol–water partition coefficient (Wildman–Crippen LogP) is 3.54. The van der Waals surface area contributed by atoms with Crippen LogP contribution in [0, 0.1) is 16.9 Å². The minimum atomic E-state index is -0.227. The normalized spacial score (nSPS) is 18.8. The van der Waals surface area contributed by atoms with Crippen LogP contribution in [-0.2, 0) is 0 Å². The molecular formula is C23H21N5O2. The first-order chi connectivity index (χ1) is 14.7. The quantitative estimate of drug-likeness (QED) is 0.640. The maximum Gasteiger partial charge on any atom is 0.272 e. The molecule has 150 valence electrons. The molecule has 0 unspecified atom stereocenters. The summed E-state index contributed by atoms with van der Waals surface area (Å²) in [7, 11) is 0. The number of amides is 1. The van der Waals surface area contributed by atoms with Gasteiger partial charge in [0.1, 0.15) is 11.5 Å². The Labute approximate surface area is 174 Å². The molecule has 1 amide bonds. The largest absolute Gasteiger partial charge is 0.457 e. The molecule has 7 nitrogen and oxygen atoms in total. The lowest BCUT2D eigenvalue weighted by Gasteiger charge is -2.17. The highest BCUT2D eigenvalue weighted by molar-refractivity contribution is 5.94. The molecule has 2 aliphatic rings. The third-order valence-corrected chi connectivity index (χ3v) is 5.95. The van der Waals surface area contributed by atoms with Gasteiger partial charge in [0.05, 0.1) is 11.7 Å². The van der Waals surface area contributed by atoms with Gasteiger partial charge in [0.15, 0.2) is 11.9 Å². The van der Waals surface area contributed by atoms with Crippen LogP contribution in [0.15, 0.2) is 60.7 Å². The van der Waals surface area contributed by atoms with Crippen molar-refractivity contribution >= 4 is 5.91 Å². The summed E-state index contributed by atoms with van der Waals surface area (Å²) in [6, 6.07) is 18.9. The van der Waals surface area contributed by atoms with Crippen LogP contribution in [0.3, 0.4) is 0 Å². The average molecular weight is 399 g/mol. The molecule has 7 heteroatoms. The molecule has 1 atom stereocenters. The molecule has 2 fully saturated rings. The number of aromatic amines is 1. The smallest absolute Gasteiger partial charge is 0.272 e. The van der Waals surface area contributed by atoms with Crippen molar-refractivity contribution in [3.05, 3.63) is 66.4 Å². The number of nitrogens with one attached hydrogen (secondary N) is 2. The van der Waals surface area contributed by atoms with Crippen LogP contribution in [0.2, 0.25) is 0 Å². The van der Waals surface area contributed by atoms with Gasteiger partial charge in [-0.25, -0.2) is 0 Å². The van der Waals surface area contributed by atoms with E-state index in [0.29, 0.717) is 23.7 Å². The highest BCUT2D eigenvalue weighted by Crippen LogP contribution is 2.52. The maximum absolute atomic E-state index is 12.8. The molecule has 2 aromatic carbocycles. The van der Waals surface area contributed by atoms with Crippen LogP contribution in [0.25, 0.3) is 11.3 Å². The molecule has 1 aliphatic carbocycles. The number of carbonyl (C=O) groups is 1. The van der Waals surface area contributed by atoms with Gasteiger partial charge in [-0.3, -0.25) is 9.89 Å². The molecule has 0 radical (unpaired) electrons. The van der Waals surface area contributed by atoms with E-state index in [1.807, 2.05) is 54.6 Å². The second kappa shape index (κ2) is 7.23. The van der Waals surface area contributed by atoms with E-state index >= 15 is 0 Å². The second-order valence-corrected chi connectivity index (χ2v) is 7.95. The molecule has 2 heterocycles. The van der Waals surface area contributed by atoms with Crippen LogP contribution < -0.4 is 10.1 Å². The number of H-pyrrole nitrogens is 1. The third kappa shape index (κ3) is 3.37. The van der Waals surface area contributed by atoms with Crippen molar-refractivity contribution in [2.24, 2.45) is 5.41 Å². The van der Waals surface area contributed by atoms with E-state index in [4.69, 9.17) is 4.74 Å². The first-order valence-electron chi connectivity index (χ1n) is 10.0. The molecule has 30 heavy (non-hydrogen) atoms. The molecule has 5 rings (SSSR count). The number of hydrogen-bond acceptors (Lipinski definition) is 5. The summed E-state index contributed by atoms with van der Waals surface area (Å²) in [6.45, 7) is 1.29. The minimum Gasteiger partial charge on any atom is -0.457 e. The number of nitrogens with zero attached hydrogens (tertiary/aromatic N) is 3. The number of ether oxygens (including phenoxy) is 1. The molecular weight excluding hydrogens is 378 g/mol. The van der Waals surface area contributed by atoms with Crippen molar-refractivity contribution in [1.82, 2.24) is 20.4 Å². The van der Waals surface area contributed by atoms with Gasteiger partial charge >= 0.3 is 0 Å². The zero-order valence-corrected chi connectivity index (χ0v) is 16.3. The fourth-order valence-corrected chi connectivity index (χ4v) is 4.11. The van der Waals surface area contributed by atoms with Crippen molar-refractivity contribution < 1.29 is 9.53 Å². The minimum absolute atomic E-state index is 0.0153. The van der Waals surface area contributed by atoms with Gasteiger partial charge in [0, 0.05) is 24.1 Å². The van der Waals surface area contributed by atoms with Gasteiger partial charge in [0.2, 0.25) is 0 Å². The predicted molar refractivity (Wildman–Crippen MR) is 111 cm³/mol. The van der Waals surface area contributed by atoms with Crippen LogP contribution in [0.4, 0.5) is 0 Å². The topological polar surface area (TPSA) is 94.0 Å². The maximum atomic E-state index is 12.8. The van der Waals surface area contributed by atoms with Gasteiger partial charge in [-0.1, -0.05) is 30.3 Å². The Morgan fingerprint density at radius 1 is 1.20 bits per heavy atom. The molecule has 1 spiro atoms. The van der Waals surface area contributed by atoms with Crippen LogP contribution in [-0.4, -0.2) is 40.1 Å². The standard InChI is InChI=1S/C23H21N5O2/c24-15-28-13-21(23(14-28)10-11-23)25-22(29)19-12-18(26-27-19)17-8-4-5-9-20(17)30-16-6-2-1-3-7-16/h1-9,12,21H,10-11,13-14H2,(H,25,29)(H,26,27)/t21-/m0/s1. The zero-order valence-electron chi connectivity index (χ0n) is 16.3. The number of aromatic nitrogens is 2. The second-order valence-electron chi connectivity index (χ2n) is 7.95. The lowest BCUT2D eigenvalue weighted by atomic mass is 10.0. The number of likely N-dealkylation sites (tertiary alicyclic amines) is 1. The summed E-state index contributed by atoms with van der Waals surface area (Å²) >= 11 is 0. The van der Waals surface area contributed by atoms with Gasteiger partial charge in [-0.2, -0.15) is 10.4 Å². The molecule has 3 aromatic rings. The number of rotatable bonds is 5. The summed E-state index contributed by atoms with van der Waals surface area (Å²) in [5.74, 6) is 1.19.